The molecule has 4 nitrogen and oxygen atoms in total. The molecule has 6 rings (SSSR count). The van der Waals surface area contributed by atoms with Crippen LogP contribution in [0.2, 0.25) is 0 Å². The van der Waals surface area contributed by atoms with Gasteiger partial charge in [-0.2, -0.15) is 9.48 Å². The van der Waals surface area contributed by atoms with Crippen molar-refractivity contribution in [1.29, 1.82) is 0 Å². The van der Waals surface area contributed by atoms with Crippen LogP contribution in [0.3, 0.4) is 0 Å². The van der Waals surface area contributed by atoms with E-state index in [1.807, 2.05) is 0 Å². The molecule has 124 valence electrons. The molecule has 1 N–H and O–H groups in total. The van der Waals surface area contributed by atoms with Gasteiger partial charge in [0.25, 0.3) is 0 Å². The molecule has 1 saturated carbocycles. The highest BCUT2D eigenvalue weighted by Gasteiger charge is 2.74. The zero-order valence-corrected chi connectivity index (χ0v) is 14.2. The van der Waals surface area contributed by atoms with Gasteiger partial charge >= 0.3 is 0 Å². The molecule has 4 heteroatoms. The summed E-state index contributed by atoms with van der Waals surface area (Å²) in [7, 11) is 2.22. The standard InChI is InChI=1S/C20H23N2O2/c1-11(23)20-9-12-7-15-18(20)17(22(2,10-12)24-20)8-14-13-5-3-4-6-16(13)21-19(14)15/h3-6,12,15,17-18,21H,7-10H2,1-2H3/q+1/t12-,15+,17+,18-,20+,22+/m0/s1. The highest BCUT2D eigenvalue weighted by molar-refractivity contribution is 5.88. The lowest BCUT2D eigenvalue weighted by Crippen LogP contribution is -2.57. The van der Waals surface area contributed by atoms with Crippen LogP contribution in [0, 0.1) is 11.8 Å². The summed E-state index contributed by atoms with van der Waals surface area (Å²) in [6.07, 6.45) is 3.16. The van der Waals surface area contributed by atoms with Crippen LogP contribution in [0.15, 0.2) is 24.3 Å². The number of hydrogen-bond donors (Lipinski definition) is 1. The first-order valence-electron chi connectivity index (χ1n) is 9.18. The Hall–Kier alpha value is -1.65. The van der Waals surface area contributed by atoms with Crippen LogP contribution in [0.4, 0.5) is 0 Å². The van der Waals surface area contributed by atoms with Gasteiger partial charge in [-0.1, -0.05) is 18.2 Å². The van der Waals surface area contributed by atoms with Gasteiger partial charge in [-0.05, 0) is 31.4 Å². The lowest BCUT2D eigenvalue weighted by atomic mass is 9.59. The Kier molecular flexibility index (Phi) is 2.24. The molecular formula is C20H23N2O2+. The van der Waals surface area contributed by atoms with Gasteiger partial charge in [-0.25, -0.2) is 0 Å². The van der Waals surface area contributed by atoms with Crippen molar-refractivity contribution in [3.63, 3.8) is 0 Å². The fourth-order valence-corrected chi connectivity index (χ4v) is 6.79. The molecule has 2 saturated heterocycles. The van der Waals surface area contributed by atoms with Crippen LogP contribution in [0.1, 0.15) is 36.9 Å². The summed E-state index contributed by atoms with van der Waals surface area (Å²) < 4.78 is 0.643. The summed E-state index contributed by atoms with van der Waals surface area (Å²) in [4.78, 5) is 23.0. The van der Waals surface area contributed by atoms with Crippen molar-refractivity contribution in [2.75, 3.05) is 13.6 Å². The molecule has 2 aliphatic heterocycles. The number of fused-ring (bicyclic) bond motifs is 7. The second kappa shape index (κ2) is 3.94. The summed E-state index contributed by atoms with van der Waals surface area (Å²) in [5, 5.41) is 1.36. The molecule has 4 aliphatic rings. The van der Waals surface area contributed by atoms with E-state index in [4.69, 9.17) is 4.84 Å². The first-order valence-corrected chi connectivity index (χ1v) is 9.18. The zero-order chi connectivity index (χ0) is 16.3. The van der Waals surface area contributed by atoms with Crippen molar-refractivity contribution < 1.29 is 14.3 Å². The third-order valence-corrected chi connectivity index (χ3v) is 7.49. The minimum atomic E-state index is -0.541. The Balaban J connectivity index is 1.63. The monoisotopic (exact) mass is 323 g/mol. The van der Waals surface area contributed by atoms with E-state index >= 15 is 0 Å². The Bertz CT molecular complexity index is 902. The molecule has 0 unspecified atom stereocenters. The molecule has 2 aromatic rings. The first kappa shape index (κ1) is 13.6. The highest BCUT2D eigenvalue weighted by Crippen LogP contribution is 2.63. The Morgan fingerprint density at radius 3 is 3.04 bits per heavy atom. The van der Waals surface area contributed by atoms with Crippen molar-refractivity contribution >= 4 is 16.7 Å². The molecule has 0 amide bonds. The van der Waals surface area contributed by atoms with Gasteiger partial charge in [0.2, 0.25) is 0 Å². The minimum absolute atomic E-state index is 0.244. The average Bonchev–Trinajstić information content (AvgIpc) is 2.98. The lowest BCUT2D eigenvalue weighted by molar-refractivity contribution is -1.11. The number of benzene rings is 1. The highest BCUT2D eigenvalue weighted by atomic mass is 16.7. The Morgan fingerprint density at radius 2 is 2.21 bits per heavy atom. The van der Waals surface area contributed by atoms with Gasteiger partial charge in [-0.15, -0.1) is 0 Å². The first-order chi connectivity index (χ1) is 11.5. The topological polar surface area (TPSA) is 42.1 Å². The molecular weight excluding hydrogens is 300 g/mol. The number of ketones is 1. The van der Waals surface area contributed by atoms with Crippen molar-refractivity contribution in [3.05, 3.63) is 35.5 Å². The van der Waals surface area contributed by atoms with Crippen molar-refractivity contribution in [1.82, 2.24) is 4.98 Å². The largest absolute Gasteiger partial charge is 0.358 e. The van der Waals surface area contributed by atoms with Crippen LogP contribution in [0.5, 0.6) is 0 Å². The Morgan fingerprint density at radius 1 is 1.38 bits per heavy atom. The van der Waals surface area contributed by atoms with E-state index in [9.17, 15) is 4.79 Å². The maximum absolute atomic E-state index is 12.7. The molecule has 3 fully saturated rings. The van der Waals surface area contributed by atoms with Gasteiger partial charge in [-0.3, -0.25) is 4.79 Å². The van der Waals surface area contributed by atoms with E-state index in [1.165, 1.54) is 28.6 Å². The zero-order valence-electron chi connectivity index (χ0n) is 14.2. The molecule has 24 heavy (non-hydrogen) atoms. The fraction of sp³-hybridized carbons (Fsp3) is 0.550. The quantitative estimate of drug-likeness (QED) is 0.820. The number of quaternary nitrogens is 1. The number of nitrogens with zero attached hydrogens (tertiary/aromatic N) is 1. The fourth-order valence-electron chi connectivity index (χ4n) is 6.79. The molecule has 3 heterocycles. The van der Waals surface area contributed by atoms with Gasteiger partial charge in [0, 0.05) is 34.9 Å². The number of Topliss-reactive ketones (excluding diaryl/α,β-unsaturated/α-hetero) is 1. The van der Waals surface area contributed by atoms with E-state index in [1.54, 1.807) is 6.92 Å². The maximum Gasteiger partial charge on any atom is 0.194 e. The van der Waals surface area contributed by atoms with E-state index < -0.39 is 5.60 Å². The number of rotatable bonds is 1. The van der Waals surface area contributed by atoms with Crippen molar-refractivity contribution in [2.45, 2.75) is 43.7 Å². The number of likely N-dealkylation sites (N-methyl/N-ethyl adjacent to an activating group) is 1. The van der Waals surface area contributed by atoms with Crippen LogP contribution in [0.25, 0.3) is 10.9 Å². The number of nitrogens with one attached hydrogen (secondary N) is 1. The molecule has 6 atom stereocenters. The SMILES string of the molecule is CC(=O)[C@]12C[C@@H]3C[C@H]4c5[nH]c6ccccc6c5C[C@H]([C@H]41)[N@@+](C)(C3)O2. The van der Waals surface area contributed by atoms with Crippen molar-refractivity contribution in [2.24, 2.45) is 11.8 Å². The summed E-state index contributed by atoms with van der Waals surface area (Å²) >= 11 is 0. The van der Waals surface area contributed by atoms with E-state index in [0.29, 0.717) is 28.4 Å². The summed E-state index contributed by atoms with van der Waals surface area (Å²) in [6.45, 7) is 2.81. The number of hydrogen-bond acceptors (Lipinski definition) is 2. The Labute approximate surface area is 141 Å². The number of H-pyrrole nitrogens is 1. The number of aromatic amines is 1. The molecule has 3 bridgehead atoms. The summed E-state index contributed by atoms with van der Waals surface area (Å²) in [5.41, 5.74) is 3.58. The van der Waals surface area contributed by atoms with Crippen molar-refractivity contribution in [3.8, 4) is 0 Å². The van der Waals surface area contributed by atoms with E-state index in [0.717, 1.165) is 19.4 Å². The maximum atomic E-state index is 12.7. The predicted octanol–water partition coefficient (Wildman–Crippen LogP) is 2.94. The molecule has 2 aliphatic carbocycles. The van der Waals surface area contributed by atoms with Gasteiger partial charge in [0.15, 0.2) is 11.4 Å². The second-order valence-corrected chi connectivity index (χ2v) is 8.67. The average molecular weight is 323 g/mol. The number of para-hydroxylation sites is 1. The van der Waals surface area contributed by atoms with Crippen LogP contribution < -0.4 is 0 Å². The van der Waals surface area contributed by atoms with E-state index in [-0.39, 0.29) is 5.78 Å². The minimum Gasteiger partial charge on any atom is -0.358 e. The number of carbonyl (C=O) groups excluding carboxylic acids is 1. The van der Waals surface area contributed by atoms with E-state index in [2.05, 4.69) is 36.3 Å². The van der Waals surface area contributed by atoms with Gasteiger partial charge < -0.3 is 4.98 Å². The number of hydroxylamine groups is 3. The summed E-state index contributed by atoms with van der Waals surface area (Å²) in [5.74, 6) is 1.61. The molecule has 0 spiro atoms. The summed E-state index contributed by atoms with van der Waals surface area (Å²) in [6, 6.07) is 9.06. The molecule has 1 aromatic heterocycles. The van der Waals surface area contributed by atoms with Gasteiger partial charge in [0.1, 0.15) is 12.6 Å². The predicted molar refractivity (Wildman–Crippen MR) is 90.3 cm³/mol. The molecule has 0 radical (unpaired) electrons. The smallest absolute Gasteiger partial charge is 0.194 e. The third kappa shape index (κ3) is 1.34. The number of carbonyl (C=O) groups is 1. The lowest BCUT2D eigenvalue weighted by Gasteiger charge is -2.45. The van der Waals surface area contributed by atoms with Crippen LogP contribution >= 0.6 is 0 Å². The third-order valence-electron chi connectivity index (χ3n) is 7.49. The second-order valence-electron chi connectivity index (χ2n) is 8.67. The normalized spacial score (nSPS) is 44.8. The number of aromatic nitrogens is 1. The molecule has 1 aromatic carbocycles. The van der Waals surface area contributed by atoms with Gasteiger partial charge in [0.05, 0.1) is 13.0 Å². The van der Waals surface area contributed by atoms with Crippen LogP contribution in [-0.4, -0.2) is 40.6 Å². The van der Waals surface area contributed by atoms with Crippen LogP contribution in [-0.2, 0) is 16.1 Å².